The zero-order valence-electron chi connectivity index (χ0n) is 9.97. The first-order valence-electron chi connectivity index (χ1n) is 5.73. The lowest BCUT2D eigenvalue weighted by Gasteiger charge is -2.34. The van der Waals surface area contributed by atoms with Crippen LogP contribution < -0.4 is 9.64 Å². The molecular formula is C11H17ClN4O. The van der Waals surface area contributed by atoms with E-state index in [-0.39, 0.29) is 0 Å². The fourth-order valence-corrected chi connectivity index (χ4v) is 2.15. The van der Waals surface area contributed by atoms with Crippen molar-refractivity contribution in [2.75, 3.05) is 50.6 Å². The van der Waals surface area contributed by atoms with Crippen LogP contribution in [0.3, 0.4) is 0 Å². The minimum atomic E-state index is 0.561. The van der Waals surface area contributed by atoms with Crippen molar-refractivity contribution in [2.45, 2.75) is 0 Å². The Kier molecular flexibility index (Phi) is 4.39. The maximum Gasteiger partial charge on any atom is 0.233 e. The predicted molar refractivity (Wildman–Crippen MR) is 68.0 cm³/mol. The minimum absolute atomic E-state index is 0.561. The number of ether oxygens (including phenoxy) is 1. The summed E-state index contributed by atoms with van der Waals surface area (Å²) < 4.78 is 5.08. The predicted octanol–water partition coefficient (Wildman–Crippen LogP) is 0.846. The molecule has 1 aromatic rings. The highest BCUT2D eigenvalue weighted by Crippen LogP contribution is 2.15. The maximum atomic E-state index is 5.73. The van der Waals surface area contributed by atoms with E-state index in [1.54, 1.807) is 19.5 Å². The van der Waals surface area contributed by atoms with Crippen LogP contribution in [0.25, 0.3) is 0 Å². The van der Waals surface area contributed by atoms with Crippen molar-refractivity contribution < 1.29 is 4.74 Å². The van der Waals surface area contributed by atoms with Gasteiger partial charge in [0.15, 0.2) is 5.82 Å². The molecule has 1 aromatic heterocycles. The highest BCUT2D eigenvalue weighted by Gasteiger charge is 2.17. The van der Waals surface area contributed by atoms with E-state index in [9.17, 15) is 0 Å². The van der Waals surface area contributed by atoms with Crippen LogP contribution in [0.2, 0.25) is 0 Å². The Morgan fingerprint density at radius 2 is 2.06 bits per heavy atom. The van der Waals surface area contributed by atoms with E-state index >= 15 is 0 Å². The van der Waals surface area contributed by atoms with E-state index in [4.69, 9.17) is 16.3 Å². The summed E-state index contributed by atoms with van der Waals surface area (Å²) in [5.74, 6) is 2.14. The van der Waals surface area contributed by atoms with Crippen molar-refractivity contribution in [3.8, 4) is 5.88 Å². The molecule has 1 fully saturated rings. The number of nitrogens with zero attached hydrogens (tertiary/aromatic N) is 4. The molecule has 0 aliphatic carbocycles. The SMILES string of the molecule is COc1cncc(N2CCN(CCCl)CC2)n1. The van der Waals surface area contributed by atoms with E-state index in [2.05, 4.69) is 19.8 Å². The van der Waals surface area contributed by atoms with Gasteiger partial charge in [-0.25, -0.2) is 0 Å². The van der Waals surface area contributed by atoms with Gasteiger partial charge in [0.25, 0.3) is 0 Å². The second kappa shape index (κ2) is 6.02. The molecule has 0 atom stereocenters. The molecule has 0 unspecified atom stereocenters. The summed E-state index contributed by atoms with van der Waals surface area (Å²) in [5.41, 5.74) is 0. The molecule has 0 radical (unpaired) electrons. The smallest absolute Gasteiger partial charge is 0.233 e. The summed E-state index contributed by atoms with van der Waals surface area (Å²) in [5, 5.41) is 0. The largest absolute Gasteiger partial charge is 0.480 e. The van der Waals surface area contributed by atoms with Gasteiger partial charge >= 0.3 is 0 Å². The van der Waals surface area contributed by atoms with Crippen LogP contribution in [0.15, 0.2) is 12.4 Å². The molecule has 1 aliphatic heterocycles. The van der Waals surface area contributed by atoms with Crippen molar-refractivity contribution in [1.82, 2.24) is 14.9 Å². The fourth-order valence-electron chi connectivity index (χ4n) is 1.91. The maximum absolute atomic E-state index is 5.73. The van der Waals surface area contributed by atoms with Crippen molar-refractivity contribution in [3.05, 3.63) is 12.4 Å². The van der Waals surface area contributed by atoms with Crippen LogP contribution in [-0.4, -0.2) is 60.6 Å². The molecule has 5 nitrogen and oxygen atoms in total. The van der Waals surface area contributed by atoms with Gasteiger partial charge in [-0.3, -0.25) is 9.88 Å². The molecular weight excluding hydrogens is 240 g/mol. The van der Waals surface area contributed by atoms with Gasteiger partial charge in [0.05, 0.1) is 19.5 Å². The van der Waals surface area contributed by atoms with E-state index in [0.717, 1.165) is 38.5 Å². The molecule has 0 spiro atoms. The second-order valence-corrected chi connectivity index (χ2v) is 4.32. The van der Waals surface area contributed by atoms with E-state index in [0.29, 0.717) is 11.8 Å². The lowest BCUT2D eigenvalue weighted by molar-refractivity contribution is 0.271. The summed E-state index contributed by atoms with van der Waals surface area (Å²) in [4.78, 5) is 13.1. The number of hydrogen-bond acceptors (Lipinski definition) is 5. The first-order chi connectivity index (χ1) is 8.33. The van der Waals surface area contributed by atoms with Gasteiger partial charge in [-0.05, 0) is 0 Å². The Morgan fingerprint density at radius 3 is 2.71 bits per heavy atom. The van der Waals surface area contributed by atoms with Gasteiger partial charge in [-0.15, -0.1) is 11.6 Å². The first kappa shape index (κ1) is 12.4. The molecule has 17 heavy (non-hydrogen) atoms. The Morgan fingerprint density at radius 1 is 1.29 bits per heavy atom. The Balaban J connectivity index is 1.95. The van der Waals surface area contributed by atoms with Crippen LogP contribution in [0, 0.1) is 0 Å². The molecule has 0 amide bonds. The second-order valence-electron chi connectivity index (χ2n) is 3.94. The number of anilines is 1. The van der Waals surface area contributed by atoms with Crippen molar-refractivity contribution in [3.63, 3.8) is 0 Å². The summed E-state index contributed by atoms with van der Waals surface area (Å²) in [6.45, 7) is 4.91. The van der Waals surface area contributed by atoms with Crippen LogP contribution >= 0.6 is 11.6 Å². The molecule has 2 heterocycles. The first-order valence-corrected chi connectivity index (χ1v) is 6.26. The quantitative estimate of drug-likeness (QED) is 0.747. The Labute approximate surface area is 106 Å². The van der Waals surface area contributed by atoms with E-state index < -0.39 is 0 Å². The van der Waals surface area contributed by atoms with Gasteiger partial charge in [-0.1, -0.05) is 0 Å². The number of alkyl halides is 1. The summed E-state index contributed by atoms with van der Waals surface area (Å²) in [6, 6.07) is 0. The van der Waals surface area contributed by atoms with Gasteiger partial charge in [0.2, 0.25) is 5.88 Å². The van der Waals surface area contributed by atoms with Crippen LogP contribution in [0.1, 0.15) is 0 Å². The Hall–Kier alpha value is -1.07. The molecule has 0 aromatic carbocycles. The normalized spacial score (nSPS) is 17.2. The number of aromatic nitrogens is 2. The average Bonchev–Trinajstić information content (AvgIpc) is 2.40. The molecule has 0 N–H and O–H groups in total. The summed E-state index contributed by atoms with van der Waals surface area (Å²) in [6.07, 6.45) is 3.40. The third-order valence-electron chi connectivity index (χ3n) is 2.91. The van der Waals surface area contributed by atoms with Crippen molar-refractivity contribution >= 4 is 17.4 Å². The minimum Gasteiger partial charge on any atom is -0.480 e. The highest BCUT2D eigenvalue weighted by atomic mass is 35.5. The fraction of sp³-hybridized carbons (Fsp3) is 0.636. The van der Waals surface area contributed by atoms with Gasteiger partial charge in [0, 0.05) is 38.6 Å². The topological polar surface area (TPSA) is 41.5 Å². The number of rotatable bonds is 4. The molecule has 94 valence electrons. The van der Waals surface area contributed by atoms with Gasteiger partial charge < -0.3 is 9.64 Å². The van der Waals surface area contributed by atoms with Crippen LogP contribution in [-0.2, 0) is 0 Å². The highest BCUT2D eigenvalue weighted by molar-refractivity contribution is 6.18. The lowest BCUT2D eigenvalue weighted by Crippen LogP contribution is -2.47. The van der Waals surface area contributed by atoms with E-state index in [1.165, 1.54) is 0 Å². The molecule has 6 heteroatoms. The zero-order valence-corrected chi connectivity index (χ0v) is 10.7. The number of methoxy groups -OCH3 is 1. The van der Waals surface area contributed by atoms with Gasteiger partial charge in [0.1, 0.15) is 0 Å². The van der Waals surface area contributed by atoms with E-state index in [1.807, 2.05) is 0 Å². The number of halogens is 1. The number of piperazine rings is 1. The standard InChI is InChI=1S/C11H17ClN4O/c1-17-11-9-13-8-10(14-11)16-6-4-15(3-2-12)5-7-16/h8-9H,2-7H2,1H3. The third kappa shape index (κ3) is 3.20. The average molecular weight is 257 g/mol. The summed E-state index contributed by atoms with van der Waals surface area (Å²) in [7, 11) is 1.60. The molecule has 2 rings (SSSR count). The lowest BCUT2D eigenvalue weighted by atomic mass is 10.3. The molecule has 0 bridgehead atoms. The molecule has 1 saturated heterocycles. The van der Waals surface area contributed by atoms with Crippen LogP contribution in [0.5, 0.6) is 5.88 Å². The zero-order chi connectivity index (χ0) is 12.1. The van der Waals surface area contributed by atoms with Crippen molar-refractivity contribution in [1.29, 1.82) is 0 Å². The third-order valence-corrected chi connectivity index (χ3v) is 3.07. The van der Waals surface area contributed by atoms with Crippen LogP contribution in [0.4, 0.5) is 5.82 Å². The molecule has 1 aliphatic rings. The molecule has 0 saturated carbocycles. The summed E-state index contributed by atoms with van der Waals surface area (Å²) >= 11 is 5.73. The van der Waals surface area contributed by atoms with Crippen molar-refractivity contribution in [2.24, 2.45) is 0 Å². The number of hydrogen-bond donors (Lipinski definition) is 0. The monoisotopic (exact) mass is 256 g/mol. The van der Waals surface area contributed by atoms with Gasteiger partial charge in [-0.2, -0.15) is 4.98 Å². The Bertz CT molecular complexity index is 355.